The van der Waals surface area contributed by atoms with Crippen molar-refractivity contribution in [3.63, 3.8) is 0 Å². The molecule has 4 heteroatoms. The molecule has 2 atom stereocenters. The van der Waals surface area contributed by atoms with Crippen molar-refractivity contribution in [1.82, 2.24) is 0 Å². The van der Waals surface area contributed by atoms with Gasteiger partial charge in [0.25, 0.3) is 0 Å². The maximum Gasteiger partial charge on any atom is 0.138 e. The van der Waals surface area contributed by atoms with Gasteiger partial charge < -0.3 is 10.1 Å². The number of Topliss-reactive ketones (excluding diaryl/α,β-unsaturated/α-hetero) is 1. The molecule has 2 aromatic rings. The van der Waals surface area contributed by atoms with Crippen LogP contribution in [0.4, 0.5) is 10.1 Å². The number of carbonyl (C=O) groups is 1. The zero-order valence-corrected chi connectivity index (χ0v) is 14.8. The third kappa shape index (κ3) is 4.31. The van der Waals surface area contributed by atoms with E-state index in [4.69, 9.17) is 4.74 Å². The number of ether oxygens (including phenoxy) is 1. The van der Waals surface area contributed by atoms with E-state index in [1.807, 2.05) is 30.3 Å². The lowest BCUT2D eigenvalue weighted by Crippen LogP contribution is -2.30. The molecule has 0 aliphatic heterocycles. The van der Waals surface area contributed by atoms with E-state index in [1.54, 1.807) is 12.1 Å². The van der Waals surface area contributed by atoms with Crippen LogP contribution in [0, 0.1) is 11.7 Å². The molecular weight excluding hydrogens is 329 g/mol. The highest BCUT2D eigenvalue weighted by Gasteiger charge is 2.33. The van der Waals surface area contributed by atoms with Crippen LogP contribution in [0.5, 0.6) is 5.75 Å². The number of para-hydroxylation sites is 1. The first-order valence-electron chi connectivity index (χ1n) is 9.06. The lowest BCUT2D eigenvalue weighted by atomic mass is 9.79. The van der Waals surface area contributed by atoms with Gasteiger partial charge >= 0.3 is 0 Å². The van der Waals surface area contributed by atoms with Gasteiger partial charge in [-0.3, -0.25) is 4.79 Å². The first-order valence-corrected chi connectivity index (χ1v) is 9.06. The van der Waals surface area contributed by atoms with Crippen LogP contribution >= 0.6 is 0 Å². The van der Waals surface area contributed by atoms with Crippen molar-refractivity contribution in [3.05, 3.63) is 72.6 Å². The highest BCUT2D eigenvalue weighted by molar-refractivity contribution is 5.83. The average Bonchev–Trinajstić information content (AvgIpc) is 2.65. The fourth-order valence-corrected chi connectivity index (χ4v) is 3.53. The Kier molecular flexibility index (Phi) is 6.05. The Hall–Kier alpha value is -2.62. The highest BCUT2D eigenvalue weighted by atomic mass is 19.1. The second-order valence-electron chi connectivity index (χ2n) is 6.59. The second kappa shape index (κ2) is 8.65. The summed E-state index contributed by atoms with van der Waals surface area (Å²) in [6, 6.07) is 13.8. The first kappa shape index (κ1) is 18.2. The molecule has 0 bridgehead atoms. The summed E-state index contributed by atoms with van der Waals surface area (Å²) in [5.41, 5.74) is 1.57. The van der Waals surface area contributed by atoms with Crippen LogP contribution in [0.3, 0.4) is 0 Å². The molecule has 26 heavy (non-hydrogen) atoms. The summed E-state index contributed by atoms with van der Waals surface area (Å²) in [7, 11) is 0. The number of halogens is 1. The standard InChI is InChI=1S/C22H24FNO2/c1-2-14-26-21-13-6-4-11-19(21)22(18-10-3-5-12-20(18)25)24-17-9-7-8-16(23)15-17/h2,4,6-9,11,13,15,18,22,24H,1,3,5,10,12,14H2. The van der Waals surface area contributed by atoms with Crippen molar-refractivity contribution in [3.8, 4) is 5.75 Å². The smallest absolute Gasteiger partial charge is 0.138 e. The number of nitrogens with one attached hydrogen (secondary N) is 1. The summed E-state index contributed by atoms with van der Waals surface area (Å²) in [6.45, 7) is 4.08. The van der Waals surface area contributed by atoms with Gasteiger partial charge in [-0.1, -0.05) is 43.3 Å². The summed E-state index contributed by atoms with van der Waals surface area (Å²) in [5.74, 6) is 0.517. The predicted molar refractivity (Wildman–Crippen MR) is 102 cm³/mol. The van der Waals surface area contributed by atoms with E-state index in [0.29, 0.717) is 18.7 Å². The molecule has 1 aliphatic carbocycles. The van der Waals surface area contributed by atoms with Crippen molar-refractivity contribution in [2.24, 2.45) is 5.92 Å². The van der Waals surface area contributed by atoms with Crippen molar-refractivity contribution in [2.75, 3.05) is 11.9 Å². The van der Waals surface area contributed by atoms with Gasteiger partial charge in [-0.2, -0.15) is 0 Å². The van der Waals surface area contributed by atoms with E-state index in [2.05, 4.69) is 11.9 Å². The largest absolute Gasteiger partial charge is 0.489 e. The Balaban J connectivity index is 1.97. The Labute approximate surface area is 153 Å². The molecule has 0 heterocycles. The van der Waals surface area contributed by atoms with Gasteiger partial charge in [-0.05, 0) is 37.1 Å². The number of carbonyl (C=O) groups excluding carboxylic acids is 1. The van der Waals surface area contributed by atoms with Gasteiger partial charge in [0.1, 0.15) is 24.0 Å². The maximum absolute atomic E-state index is 13.6. The number of benzene rings is 2. The van der Waals surface area contributed by atoms with Gasteiger partial charge in [0.05, 0.1) is 6.04 Å². The van der Waals surface area contributed by atoms with Gasteiger partial charge in [0.2, 0.25) is 0 Å². The molecule has 0 radical (unpaired) electrons. The highest BCUT2D eigenvalue weighted by Crippen LogP contribution is 2.38. The molecule has 136 valence electrons. The zero-order chi connectivity index (χ0) is 18.4. The second-order valence-corrected chi connectivity index (χ2v) is 6.59. The molecule has 1 saturated carbocycles. The van der Waals surface area contributed by atoms with Crippen LogP contribution in [-0.2, 0) is 4.79 Å². The number of hydrogen-bond donors (Lipinski definition) is 1. The normalized spacial score (nSPS) is 18.2. The van der Waals surface area contributed by atoms with Crippen LogP contribution in [0.2, 0.25) is 0 Å². The van der Waals surface area contributed by atoms with Crippen LogP contribution in [0.15, 0.2) is 61.2 Å². The van der Waals surface area contributed by atoms with Crippen LogP contribution in [0.25, 0.3) is 0 Å². The fourth-order valence-electron chi connectivity index (χ4n) is 3.53. The zero-order valence-electron chi connectivity index (χ0n) is 14.8. The third-order valence-electron chi connectivity index (χ3n) is 4.76. The topological polar surface area (TPSA) is 38.3 Å². The number of anilines is 1. The molecule has 1 fully saturated rings. The quantitative estimate of drug-likeness (QED) is 0.686. The van der Waals surface area contributed by atoms with E-state index in [0.717, 1.165) is 30.6 Å². The lowest BCUT2D eigenvalue weighted by Gasteiger charge is -2.32. The van der Waals surface area contributed by atoms with Crippen LogP contribution in [-0.4, -0.2) is 12.4 Å². The Morgan fingerprint density at radius 1 is 1.23 bits per heavy atom. The summed E-state index contributed by atoms with van der Waals surface area (Å²) >= 11 is 0. The predicted octanol–water partition coefficient (Wildman–Crippen LogP) is 5.30. The van der Waals surface area contributed by atoms with E-state index in [9.17, 15) is 9.18 Å². The molecule has 2 unspecified atom stereocenters. The molecule has 0 spiro atoms. The summed E-state index contributed by atoms with van der Waals surface area (Å²) in [6.07, 6.45) is 5.07. The molecular formula is C22H24FNO2. The van der Waals surface area contributed by atoms with Crippen molar-refractivity contribution >= 4 is 11.5 Å². The van der Waals surface area contributed by atoms with Crippen molar-refractivity contribution in [1.29, 1.82) is 0 Å². The average molecular weight is 353 g/mol. The first-order chi connectivity index (χ1) is 12.7. The fraction of sp³-hybridized carbons (Fsp3) is 0.318. The Morgan fingerprint density at radius 2 is 2.08 bits per heavy atom. The molecule has 0 aromatic heterocycles. The molecule has 1 aliphatic rings. The number of hydrogen-bond acceptors (Lipinski definition) is 3. The minimum atomic E-state index is -0.306. The number of ketones is 1. The third-order valence-corrected chi connectivity index (χ3v) is 4.76. The minimum absolute atomic E-state index is 0.152. The maximum atomic E-state index is 13.6. The number of rotatable bonds is 7. The van der Waals surface area contributed by atoms with Crippen molar-refractivity contribution in [2.45, 2.75) is 31.7 Å². The van der Waals surface area contributed by atoms with E-state index >= 15 is 0 Å². The minimum Gasteiger partial charge on any atom is -0.489 e. The summed E-state index contributed by atoms with van der Waals surface area (Å²) in [4.78, 5) is 12.6. The molecule has 0 saturated heterocycles. The lowest BCUT2D eigenvalue weighted by molar-refractivity contribution is -0.125. The Bertz CT molecular complexity index is 774. The monoisotopic (exact) mass is 353 g/mol. The Morgan fingerprint density at radius 3 is 2.85 bits per heavy atom. The molecule has 3 nitrogen and oxygen atoms in total. The van der Waals surface area contributed by atoms with Crippen LogP contribution in [0.1, 0.15) is 37.3 Å². The van der Waals surface area contributed by atoms with E-state index in [1.165, 1.54) is 12.1 Å². The SMILES string of the molecule is C=CCOc1ccccc1C(Nc1cccc(F)c1)C1CCCCC1=O. The van der Waals surface area contributed by atoms with Gasteiger partial charge in [-0.25, -0.2) is 4.39 Å². The summed E-state index contributed by atoms with van der Waals surface area (Å²) < 4.78 is 19.5. The molecule has 1 N–H and O–H groups in total. The molecule has 0 amide bonds. The van der Waals surface area contributed by atoms with Crippen molar-refractivity contribution < 1.29 is 13.9 Å². The van der Waals surface area contributed by atoms with Crippen LogP contribution < -0.4 is 10.1 Å². The van der Waals surface area contributed by atoms with E-state index in [-0.39, 0.29) is 23.6 Å². The van der Waals surface area contributed by atoms with E-state index < -0.39 is 0 Å². The van der Waals surface area contributed by atoms with Gasteiger partial charge in [0.15, 0.2) is 0 Å². The van der Waals surface area contributed by atoms with Gasteiger partial charge in [0, 0.05) is 23.6 Å². The summed E-state index contributed by atoms with van der Waals surface area (Å²) in [5, 5.41) is 3.39. The molecule has 3 rings (SSSR count). The van der Waals surface area contributed by atoms with Gasteiger partial charge in [-0.15, -0.1) is 0 Å². The molecule has 2 aromatic carbocycles.